The third-order valence-corrected chi connectivity index (χ3v) is 4.05. The molecular formula is C7H15N3O2S2. The molecule has 1 saturated heterocycles. The van der Waals surface area contributed by atoms with Crippen molar-refractivity contribution in [2.75, 3.05) is 26.4 Å². The van der Waals surface area contributed by atoms with Crippen LogP contribution < -0.4 is 5.73 Å². The van der Waals surface area contributed by atoms with Gasteiger partial charge in [0.1, 0.15) is 0 Å². The highest BCUT2D eigenvalue weighted by molar-refractivity contribution is 7.88. The van der Waals surface area contributed by atoms with Crippen LogP contribution in [0.5, 0.6) is 0 Å². The first-order chi connectivity index (χ1) is 6.32. The van der Waals surface area contributed by atoms with Crippen LogP contribution in [0, 0.1) is 0 Å². The summed E-state index contributed by atoms with van der Waals surface area (Å²) in [6.07, 6.45) is 2.00. The van der Waals surface area contributed by atoms with Crippen LogP contribution in [0.2, 0.25) is 0 Å². The zero-order valence-electron chi connectivity index (χ0n) is 8.30. The number of hydrogen-bond donors (Lipinski definition) is 1. The molecule has 0 spiro atoms. The Morgan fingerprint density at radius 1 is 1.64 bits per heavy atom. The lowest BCUT2D eigenvalue weighted by Crippen LogP contribution is -2.42. The second-order valence-corrected chi connectivity index (χ2v) is 5.91. The average molecular weight is 237 g/mol. The number of rotatable bonds is 2. The lowest BCUT2D eigenvalue weighted by molar-refractivity contribution is 0.372. The molecule has 0 aliphatic carbocycles. The molecule has 1 rings (SSSR count). The smallest absolute Gasteiger partial charge is 0.211 e. The van der Waals surface area contributed by atoms with Gasteiger partial charge in [-0.25, -0.2) is 12.7 Å². The van der Waals surface area contributed by atoms with Crippen molar-refractivity contribution in [3.8, 4) is 0 Å². The maximum atomic E-state index is 11.2. The van der Waals surface area contributed by atoms with Crippen molar-refractivity contribution in [2.24, 2.45) is 5.73 Å². The fourth-order valence-corrected chi connectivity index (χ4v) is 2.54. The van der Waals surface area contributed by atoms with E-state index < -0.39 is 10.0 Å². The highest BCUT2D eigenvalue weighted by Gasteiger charge is 2.31. The molecule has 0 aromatic carbocycles. The van der Waals surface area contributed by atoms with Crippen LogP contribution >= 0.6 is 12.2 Å². The van der Waals surface area contributed by atoms with Gasteiger partial charge in [-0.3, -0.25) is 0 Å². The van der Waals surface area contributed by atoms with E-state index in [1.165, 1.54) is 10.6 Å². The Balaban J connectivity index is 2.62. The van der Waals surface area contributed by atoms with Crippen molar-refractivity contribution in [1.29, 1.82) is 0 Å². The Labute approximate surface area is 89.9 Å². The molecule has 0 aromatic heterocycles. The standard InChI is InChI=1S/C7H15N3O2S2/c1-9(7(8)13)6-3-4-10(5-6)14(2,11)12/h6H,3-5H2,1-2H3,(H2,8,13). The molecule has 0 amide bonds. The summed E-state index contributed by atoms with van der Waals surface area (Å²) in [5, 5.41) is 0.311. The molecule has 1 heterocycles. The van der Waals surface area contributed by atoms with Crippen molar-refractivity contribution in [2.45, 2.75) is 12.5 Å². The minimum absolute atomic E-state index is 0.113. The molecule has 1 atom stereocenters. The molecule has 0 aromatic rings. The van der Waals surface area contributed by atoms with Gasteiger partial charge in [0.15, 0.2) is 5.11 Å². The molecule has 1 aliphatic rings. The number of hydrogen-bond acceptors (Lipinski definition) is 3. The SMILES string of the molecule is CN(C(N)=S)C1CCN(S(C)(=O)=O)C1. The Morgan fingerprint density at radius 3 is 2.57 bits per heavy atom. The normalized spacial score (nSPS) is 23.7. The first-order valence-corrected chi connectivity index (χ1v) is 6.55. The Bertz CT molecular complexity index is 328. The summed E-state index contributed by atoms with van der Waals surface area (Å²) in [6, 6.07) is 0.113. The van der Waals surface area contributed by atoms with Gasteiger partial charge in [-0.1, -0.05) is 0 Å². The predicted molar refractivity (Wildman–Crippen MR) is 59.4 cm³/mol. The monoisotopic (exact) mass is 237 g/mol. The van der Waals surface area contributed by atoms with Crippen molar-refractivity contribution in [3.05, 3.63) is 0 Å². The molecule has 1 unspecified atom stereocenters. The van der Waals surface area contributed by atoms with E-state index in [-0.39, 0.29) is 6.04 Å². The van der Waals surface area contributed by atoms with Gasteiger partial charge in [0.05, 0.1) is 6.26 Å². The quantitative estimate of drug-likeness (QED) is 0.637. The van der Waals surface area contributed by atoms with Crippen LogP contribution in [-0.2, 0) is 10.0 Å². The van der Waals surface area contributed by atoms with E-state index in [2.05, 4.69) is 0 Å². The van der Waals surface area contributed by atoms with E-state index >= 15 is 0 Å². The van der Waals surface area contributed by atoms with E-state index in [1.807, 2.05) is 0 Å². The lowest BCUT2D eigenvalue weighted by Gasteiger charge is -2.24. The molecule has 82 valence electrons. The number of sulfonamides is 1. The highest BCUT2D eigenvalue weighted by atomic mass is 32.2. The summed E-state index contributed by atoms with van der Waals surface area (Å²) in [4.78, 5) is 1.75. The summed E-state index contributed by atoms with van der Waals surface area (Å²) in [5.74, 6) is 0. The van der Waals surface area contributed by atoms with Gasteiger partial charge in [0, 0.05) is 26.2 Å². The topological polar surface area (TPSA) is 66.6 Å². The second-order valence-electron chi connectivity index (χ2n) is 3.51. The summed E-state index contributed by atoms with van der Waals surface area (Å²) in [7, 11) is -1.28. The molecule has 0 radical (unpaired) electrons. The number of thiocarbonyl (C=S) groups is 1. The van der Waals surface area contributed by atoms with Crippen molar-refractivity contribution in [1.82, 2.24) is 9.21 Å². The van der Waals surface area contributed by atoms with Crippen LogP contribution in [-0.4, -0.2) is 55.2 Å². The summed E-state index contributed by atoms with van der Waals surface area (Å²) in [5.41, 5.74) is 5.46. The highest BCUT2D eigenvalue weighted by Crippen LogP contribution is 2.16. The molecule has 1 aliphatic heterocycles. The summed E-state index contributed by atoms with van der Waals surface area (Å²) < 4.78 is 23.9. The Morgan fingerprint density at radius 2 is 2.21 bits per heavy atom. The van der Waals surface area contributed by atoms with E-state index in [4.69, 9.17) is 18.0 Å². The zero-order valence-corrected chi connectivity index (χ0v) is 9.94. The molecule has 7 heteroatoms. The molecule has 5 nitrogen and oxygen atoms in total. The summed E-state index contributed by atoms with van der Waals surface area (Å²) >= 11 is 4.82. The Hall–Kier alpha value is -0.400. The lowest BCUT2D eigenvalue weighted by atomic mass is 10.2. The fourth-order valence-electron chi connectivity index (χ4n) is 1.51. The van der Waals surface area contributed by atoms with E-state index in [1.54, 1.807) is 11.9 Å². The van der Waals surface area contributed by atoms with Crippen molar-refractivity contribution >= 4 is 27.4 Å². The number of nitrogens with two attached hydrogens (primary N) is 1. The van der Waals surface area contributed by atoms with Crippen molar-refractivity contribution < 1.29 is 8.42 Å². The molecule has 0 saturated carbocycles. The molecule has 0 bridgehead atoms. The van der Waals surface area contributed by atoms with Gasteiger partial charge in [0.25, 0.3) is 0 Å². The number of likely N-dealkylation sites (N-methyl/N-ethyl adjacent to an activating group) is 1. The predicted octanol–water partition coefficient (Wildman–Crippen LogP) is -0.804. The van der Waals surface area contributed by atoms with Gasteiger partial charge in [-0.2, -0.15) is 0 Å². The molecule has 14 heavy (non-hydrogen) atoms. The molecular weight excluding hydrogens is 222 g/mol. The third kappa shape index (κ3) is 2.55. The van der Waals surface area contributed by atoms with Crippen LogP contribution in [0.15, 0.2) is 0 Å². The van der Waals surface area contributed by atoms with Crippen LogP contribution in [0.1, 0.15) is 6.42 Å². The van der Waals surface area contributed by atoms with Crippen molar-refractivity contribution in [3.63, 3.8) is 0 Å². The second kappa shape index (κ2) is 4.00. The minimum Gasteiger partial charge on any atom is -0.376 e. The summed E-state index contributed by atoms with van der Waals surface area (Å²) in [6.45, 7) is 1.03. The first-order valence-electron chi connectivity index (χ1n) is 4.29. The van der Waals surface area contributed by atoms with Crippen LogP contribution in [0.25, 0.3) is 0 Å². The van der Waals surface area contributed by atoms with Gasteiger partial charge in [-0.05, 0) is 18.6 Å². The third-order valence-electron chi connectivity index (χ3n) is 2.49. The van der Waals surface area contributed by atoms with E-state index in [0.717, 1.165) is 6.42 Å². The van der Waals surface area contributed by atoms with Crippen LogP contribution in [0.4, 0.5) is 0 Å². The van der Waals surface area contributed by atoms with E-state index in [0.29, 0.717) is 18.2 Å². The van der Waals surface area contributed by atoms with E-state index in [9.17, 15) is 8.42 Å². The van der Waals surface area contributed by atoms with Crippen LogP contribution in [0.3, 0.4) is 0 Å². The first kappa shape index (κ1) is 11.7. The average Bonchev–Trinajstić information content (AvgIpc) is 2.49. The molecule has 1 fully saturated rings. The fraction of sp³-hybridized carbons (Fsp3) is 0.857. The van der Waals surface area contributed by atoms with Gasteiger partial charge in [-0.15, -0.1) is 0 Å². The maximum Gasteiger partial charge on any atom is 0.211 e. The van der Waals surface area contributed by atoms with Gasteiger partial charge < -0.3 is 10.6 Å². The zero-order chi connectivity index (χ0) is 10.9. The molecule has 2 N–H and O–H groups in total. The van der Waals surface area contributed by atoms with Gasteiger partial charge >= 0.3 is 0 Å². The number of nitrogens with zero attached hydrogens (tertiary/aromatic N) is 2. The van der Waals surface area contributed by atoms with Gasteiger partial charge in [0.2, 0.25) is 10.0 Å². The minimum atomic E-state index is -3.07. The maximum absolute atomic E-state index is 11.2. The largest absolute Gasteiger partial charge is 0.376 e. The Kier molecular flexibility index (Phi) is 3.33.